The summed E-state index contributed by atoms with van der Waals surface area (Å²) in [6.07, 6.45) is 1.51. The summed E-state index contributed by atoms with van der Waals surface area (Å²) in [7, 11) is -2.45. The maximum atomic E-state index is 12.8. The molecule has 0 atom stereocenters. The lowest BCUT2D eigenvalue weighted by molar-refractivity contribution is 0.402. The van der Waals surface area contributed by atoms with Crippen LogP contribution in [0.15, 0.2) is 58.1 Å². The molecule has 0 bridgehead atoms. The number of ether oxygens (including phenoxy) is 1. The van der Waals surface area contributed by atoms with Crippen LogP contribution >= 0.6 is 11.6 Å². The molecule has 0 spiro atoms. The highest BCUT2D eigenvalue weighted by Gasteiger charge is 2.21. The summed E-state index contributed by atoms with van der Waals surface area (Å²) in [6, 6.07) is 11.3. The number of halogens is 1. The van der Waals surface area contributed by atoms with Crippen LogP contribution in [-0.2, 0) is 10.0 Å². The van der Waals surface area contributed by atoms with Crippen molar-refractivity contribution < 1.29 is 17.7 Å². The summed E-state index contributed by atoms with van der Waals surface area (Å²) in [5.74, 6) is 0.710. The lowest BCUT2D eigenvalue weighted by Gasteiger charge is -2.14. The number of methoxy groups -OCH3 is 1. The van der Waals surface area contributed by atoms with Crippen molar-refractivity contribution in [3.63, 3.8) is 0 Å². The number of nitrogens with one attached hydrogen (secondary N) is 1. The third kappa shape index (κ3) is 3.62. The van der Waals surface area contributed by atoms with Crippen LogP contribution in [0.2, 0.25) is 5.02 Å². The Balaban J connectivity index is 2.00. The molecule has 0 radical (unpaired) electrons. The predicted octanol–water partition coefficient (Wildman–Crippen LogP) is 4.11. The molecule has 3 rings (SSSR count). The number of nitrogens with zero attached hydrogens (tertiary/aromatic N) is 1. The lowest BCUT2D eigenvalue weighted by atomic mass is 10.1. The first-order valence-electron chi connectivity index (χ1n) is 7.29. The van der Waals surface area contributed by atoms with Gasteiger partial charge in [0, 0.05) is 16.7 Å². The Hall–Kier alpha value is -2.51. The van der Waals surface area contributed by atoms with Crippen LogP contribution in [0.4, 0.5) is 5.69 Å². The van der Waals surface area contributed by atoms with Gasteiger partial charge in [-0.2, -0.15) is 0 Å². The predicted molar refractivity (Wildman–Crippen MR) is 95.5 cm³/mol. The molecule has 1 N–H and O–H groups in total. The summed E-state index contributed by atoms with van der Waals surface area (Å²) in [5, 5.41) is 4.08. The van der Waals surface area contributed by atoms with Crippen molar-refractivity contribution in [2.24, 2.45) is 0 Å². The maximum absolute atomic E-state index is 12.8. The van der Waals surface area contributed by atoms with E-state index in [1.807, 2.05) is 0 Å². The van der Waals surface area contributed by atoms with Crippen molar-refractivity contribution in [3.05, 3.63) is 59.2 Å². The Kier molecular flexibility index (Phi) is 4.69. The summed E-state index contributed by atoms with van der Waals surface area (Å²) >= 11 is 5.95. The van der Waals surface area contributed by atoms with E-state index in [4.69, 9.17) is 20.9 Å². The first-order chi connectivity index (χ1) is 11.9. The molecule has 0 saturated heterocycles. The van der Waals surface area contributed by atoms with Gasteiger partial charge in [0.1, 0.15) is 10.6 Å². The fraction of sp³-hybridized carbons (Fsp3) is 0.118. The van der Waals surface area contributed by atoms with Crippen molar-refractivity contribution in [1.29, 1.82) is 0 Å². The maximum Gasteiger partial charge on any atom is 0.265 e. The van der Waals surface area contributed by atoms with Crippen LogP contribution in [0.1, 0.15) is 5.56 Å². The smallest absolute Gasteiger partial charge is 0.265 e. The number of anilines is 1. The summed E-state index contributed by atoms with van der Waals surface area (Å²) < 4.78 is 38.4. The van der Waals surface area contributed by atoms with E-state index in [1.54, 1.807) is 43.3 Å². The van der Waals surface area contributed by atoms with Crippen LogP contribution in [0.5, 0.6) is 5.75 Å². The van der Waals surface area contributed by atoms with Gasteiger partial charge in [-0.05, 0) is 42.8 Å². The summed E-state index contributed by atoms with van der Waals surface area (Å²) in [6.45, 7) is 1.79. The number of hydrogen-bond acceptors (Lipinski definition) is 5. The number of aromatic nitrogens is 1. The van der Waals surface area contributed by atoms with E-state index in [1.165, 1.54) is 19.4 Å². The topological polar surface area (TPSA) is 81.4 Å². The van der Waals surface area contributed by atoms with E-state index in [0.717, 1.165) is 5.56 Å². The van der Waals surface area contributed by atoms with Gasteiger partial charge in [0.2, 0.25) is 0 Å². The zero-order valence-electron chi connectivity index (χ0n) is 13.5. The zero-order chi connectivity index (χ0) is 18.0. The Morgan fingerprint density at radius 2 is 1.96 bits per heavy atom. The van der Waals surface area contributed by atoms with E-state index in [-0.39, 0.29) is 10.6 Å². The Labute approximate surface area is 150 Å². The Bertz CT molecular complexity index is 1000. The van der Waals surface area contributed by atoms with Crippen molar-refractivity contribution in [2.45, 2.75) is 11.8 Å². The van der Waals surface area contributed by atoms with Gasteiger partial charge in [-0.25, -0.2) is 8.42 Å². The molecule has 25 heavy (non-hydrogen) atoms. The molecule has 8 heteroatoms. The number of aryl methyl sites for hydroxylation is 1. The van der Waals surface area contributed by atoms with Crippen LogP contribution in [-0.4, -0.2) is 20.7 Å². The van der Waals surface area contributed by atoms with Gasteiger partial charge in [0.15, 0.2) is 5.76 Å². The molecule has 0 saturated carbocycles. The van der Waals surface area contributed by atoms with Gasteiger partial charge in [0.05, 0.1) is 19.0 Å². The molecule has 0 aliphatic rings. The number of rotatable bonds is 5. The molecule has 0 amide bonds. The molecule has 0 aliphatic carbocycles. The van der Waals surface area contributed by atoms with E-state index >= 15 is 0 Å². The standard InChI is InChI=1S/C17H15ClN2O4S/c1-11-3-5-13(18)10-14(11)20-25(21,22)17-6-4-12(9-16(17)23-2)15-7-8-19-24-15/h3-10,20H,1-2H3. The molecule has 0 unspecified atom stereocenters. The minimum absolute atomic E-state index is 0.0117. The second-order valence-electron chi connectivity index (χ2n) is 5.31. The quantitative estimate of drug-likeness (QED) is 0.722. The van der Waals surface area contributed by atoms with Crippen LogP contribution in [0.25, 0.3) is 11.3 Å². The molecule has 6 nitrogen and oxygen atoms in total. The third-order valence-corrected chi connectivity index (χ3v) is 5.26. The van der Waals surface area contributed by atoms with Crippen molar-refractivity contribution in [3.8, 4) is 17.1 Å². The average Bonchev–Trinajstić information content (AvgIpc) is 3.12. The molecule has 130 valence electrons. The van der Waals surface area contributed by atoms with Gasteiger partial charge >= 0.3 is 0 Å². The molecular formula is C17H15ClN2O4S. The number of benzene rings is 2. The average molecular weight is 379 g/mol. The molecule has 0 aliphatic heterocycles. The second-order valence-corrected chi connectivity index (χ2v) is 7.39. The van der Waals surface area contributed by atoms with Gasteiger partial charge < -0.3 is 9.26 Å². The molecule has 0 fully saturated rings. The normalized spacial score (nSPS) is 11.3. The Morgan fingerprint density at radius 1 is 1.16 bits per heavy atom. The molecular weight excluding hydrogens is 364 g/mol. The summed E-state index contributed by atoms with van der Waals surface area (Å²) in [5.41, 5.74) is 1.83. The molecule has 2 aromatic carbocycles. The first-order valence-corrected chi connectivity index (χ1v) is 9.15. The molecule has 1 heterocycles. The molecule has 1 aromatic heterocycles. The van der Waals surface area contributed by atoms with Crippen molar-refractivity contribution >= 4 is 27.3 Å². The van der Waals surface area contributed by atoms with Gasteiger partial charge in [-0.15, -0.1) is 0 Å². The van der Waals surface area contributed by atoms with Crippen LogP contribution in [0.3, 0.4) is 0 Å². The second kappa shape index (κ2) is 6.78. The fourth-order valence-corrected chi connectivity index (χ4v) is 3.76. The van der Waals surface area contributed by atoms with E-state index in [0.29, 0.717) is 22.0 Å². The Morgan fingerprint density at radius 3 is 2.64 bits per heavy atom. The van der Waals surface area contributed by atoms with Crippen molar-refractivity contribution in [1.82, 2.24) is 5.16 Å². The van der Waals surface area contributed by atoms with Crippen molar-refractivity contribution in [2.75, 3.05) is 11.8 Å². The van der Waals surface area contributed by atoms with Gasteiger partial charge in [-0.1, -0.05) is 22.8 Å². The highest BCUT2D eigenvalue weighted by Crippen LogP contribution is 2.32. The minimum Gasteiger partial charge on any atom is -0.495 e. The van der Waals surface area contributed by atoms with E-state index in [2.05, 4.69) is 9.88 Å². The third-order valence-electron chi connectivity index (χ3n) is 3.62. The molecule has 3 aromatic rings. The fourth-order valence-electron chi connectivity index (χ4n) is 2.31. The van der Waals surface area contributed by atoms with Crippen LogP contribution < -0.4 is 9.46 Å². The van der Waals surface area contributed by atoms with Gasteiger partial charge in [0.25, 0.3) is 10.0 Å². The largest absolute Gasteiger partial charge is 0.495 e. The van der Waals surface area contributed by atoms with Crippen LogP contribution in [0, 0.1) is 6.92 Å². The van der Waals surface area contributed by atoms with E-state index in [9.17, 15) is 8.42 Å². The first kappa shape index (κ1) is 17.3. The SMILES string of the molecule is COc1cc(-c2ccno2)ccc1S(=O)(=O)Nc1cc(Cl)ccc1C. The summed E-state index contributed by atoms with van der Waals surface area (Å²) in [4.78, 5) is 0.0117. The monoisotopic (exact) mass is 378 g/mol. The zero-order valence-corrected chi connectivity index (χ0v) is 15.1. The highest BCUT2D eigenvalue weighted by molar-refractivity contribution is 7.92. The highest BCUT2D eigenvalue weighted by atomic mass is 35.5. The van der Waals surface area contributed by atoms with Gasteiger partial charge in [-0.3, -0.25) is 4.72 Å². The number of sulfonamides is 1. The lowest BCUT2D eigenvalue weighted by Crippen LogP contribution is -2.15. The minimum atomic E-state index is -3.86. The number of hydrogen-bond donors (Lipinski definition) is 1. The van der Waals surface area contributed by atoms with E-state index < -0.39 is 10.0 Å².